The van der Waals surface area contributed by atoms with Crippen molar-refractivity contribution in [1.82, 2.24) is 5.32 Å². The van der Waals surface area contributed by atoms with Gasteiger partial charge in [-0.25, -0.2) is 8.78 Å². The predicted octanol–water partition coefficient (Wildman–Crippen LogP) is 3.76. The standard InChI is InChI=1S/C20H22F2N2O3/c1-4-27-17-8-6-5-7-14(17)19(25)24-18(12(2)3)20(26)23-16-10-9-13(21)11-15(16)22/h5-12,18H,4H2,1-3H3,(H,23,26)(H,24,25). The molecule has 0 radical (unpaired) electrons. The quantitative estimate of drug-likeness (QED) is 0.773. The van der Waals surface area contributed by atoms with Gasteiger partial charge in [-0.15, -0.1) is 0 Å². The summed E-state index contributed by atoms with van der Waals surface area (Å²) in [5, 5.41) is 5.04. The third-order valence-electron chi connectivity index (χ3n) is 3.86. The van der Waals surface area contributed by atoms with E-state index in [1.807, 2.05) is 0 Å². The number of benzene rings is 2. The van der Waals surface area contributed by atoms with Crippen LogP contribution in [0.4, 0.5) is 14.5 Å². The van der Waals surface area contributed by atoms with Crippen molar-refractivity contribution in [3.05, 3.63) is 59.7 Å². The first-order chi connectivity index (χ1) is 12.8. The highest BCUT2D eigenvalue weighted by molar-refractivity contribution is 6.02. The van der Waals surface area contributed by atoms with Crippen molar-refractivity contribution in [3.8, 4) is 5.75 Å². The van der Waals surface area contributed by atoms with Crippen molar-refractivity contribution in [1.29, 1.82) is 0 Å². The zero-order chi connectivity index (χ0) is 20.0. The second-order valence-electron chi connectivity index (χ2n) is 6.24. The summed E-state index contributed by atoms with van der Waals surface area (Å²) in [7, 11) is 0. The van der Waals surface area contributed by atoms with Crippen molar-refractivity contribution in [2.24, 2.45) is 5.92 Å². The number of hydrogen-bond donors (Lipinski definition) is 2. The van der Waals surface area contributed by atoms with Crippen molar-refractivity contribution >= 4 is 17.5 Å². The lowest BCUT2D eigenvalue weighted by Gasteiger charge is -2.22. The van der Waals surface area contributed by atoms with Crippen LogP contribution in [-0.4, -0.2) is 24.5 Å². The SMILES string of the molecule is CCOc1ccccc1C(=O)NC(C(=O)Nc1ccc(F)cc1F)C(C)C. The Morgan fingerprint density at radius 3 is 2.44 bits per heavy atom. The highest BCUT2D eigenvalue weighted by atomic mass is 19.1. The molecule has 2 aromatic carbocycles. The smallest absolute Gasteiger partial charge is 0.255 e. The first-order valence-corrected chi connectivity index (χ1v) is 8.62. The van der Waals surface area contributed by atoms with Crippen LogP contribution in [0.2, 0.25) is 0 Å². The summed E-state index contributed by atoms with van der Waals surface area (Å²) in [6.45, 7) is 5.69. The van der Waals surface area contributed by atoms with Crippen LogP contribution in [0, 0.1) is 17.6 Å². The molecule has 27 heavy (non-hydrogen) atoms. The van der Waals surface area contributed by atoms with Crippen LogP contribution in [0.1, 0.15) is 31.1 Å². The van der Waals surface area contributed by atoms with Crippen molar-refractivity contribution < 1.29 is 23.1 Å². The van der Waals surface area contributed by atoms with E-state index in [0.717, 1.165) is 12.1 Å². The summed E-state index contributed by atoms with van der Waals surface area (Å²) in [6.07, 6.45) is 0. The van der Waals surface area contributed by atoms with Crippen molar-refractivity contribution in [2.45, 2.75) is 26.8 Å². The predicted molar refractivity (Wildman–Crippen MR) is 98.7 cm³/mol. The fourth-order valence-electron chi connectivity index (χ4n) is 2.49. The van der Waals surface area contributed by atoms with E-state index < -0.39 is 29.5 Å². The highest BCUT2D eigenvalue weighted by Gasteiger charge is 2.26. The lowest BCUT2D eigenvalue weighted by molar-refractivity contribution is -0.118. The van der Waals surface area contributed by atoms with Crippen LogP contribution in [0.25, 0.3) is 0 Å². The highest BCUT2D eigenvalue weighted by Crippen LogP contribution is 2.19. The minimum absolute atomic E-state index is 0.156. The summed E-state index contributed by atoms with van der Waals surface area (Å²) in [5.74, 6) is -2.57. The molecule has 1 unspecified atom stereocenters. The topological polar surface area (TPSA) is 67.4 Å². The molecule has 0 aliphatic rings. The van der Waals surface area contributed by atoms with Gasteiger partial charge in [0.25, 0.3) is 5.91 Å². The van der Waals surface area contributed by atoms with Gasteiger partial charge in [0.1, 0.15) is 23.4 Å². The van der Waals surface area contributed by atoms with Crippen LogP contribution in [-0.2, 0) is 4.79 Å². The average Bonchev–Trinajstić information content (AvgIpc) is 2.62. The average molecular weight is 376 g/mol. The van der Waals surface area contributed by atoms with Crippen molar-refractivity contribution in [3.63, 3.8) is 0 Å². The Balaban J connectivity index is 2.17. The molecule has 144 valence electrons. The van der Waals surface area contributed by atoms with Gasteiger partial charge in [0.05, 0.1) is 17.9 Å². The molecule has 2 N–H and O–H groups in total. The van der Waals surface area contributed by atoms with E-state index in [1.165, 1.54) is 0 Å². The number of para-hydroxylation sites is 1. The first kappa shape index (κ1) is 20.4. The second kappa shape index (κ2) is 9.12. The summed E-state index contributed by atoms with van der Waals surface area (Å²) in [6, 6.07) is 8.62. The van der Waals surface area contributed by atoms with Crippen LogP contribution < -0.4 is 15.4 Å². The molecule has 0 aromatic heterocycles. The zero-order valence-electron chi connectivity index (χ0n) is 15.4. The van der Waals surface area contributed by atoms with E-state index in [1.54, 1.807) is 45.0 Å². The number of amides is 2. The largest absolute Gasteiger partial charge is 0.493 e. The third-order valence-corrected chi connectivity index (χ3v) is 3.86. The van der Waals surface area contributed by atoms with E-state index in [9.17, 15) is 18.4 Å². The molecular formula is C20H22F2N2O3. The fraction of sp³-hybridized carbons (Fsp3) is 0.300. The fourth-order valence-corrected chi connectivity index (χ4v) is 2.49. The molecule has 0 bridgehead atoms. The molecule has 2 aromatic rings. The third kappa shape index (κ3) is 5.26. The number of nitrogens with one attached hydrogen (secondary N) is 2. The number of hydrogen-bond acceptors (Lipinski definition) is 3. The van der Waals surface area contributed by atoms with Gasteiger partial charge in [-0.2, -0.15) is 0 Å². The molecule has 0 fully saturated rings. The van der Waals surface area contributed by atoms with Gasteiger partial charge in [0.15, 0.2) is 0 Å². The van der Waals surface area contributed by atoms with Gasteiger partial charge < -0.3 is 15.4 Å². The Hall–Kier alpha value is -2.96. The van der Waals surface area contributed by atoms with Crippen LogP contribution in [0.3, 0.4) is 0 Å². The van der Waals surface area contributed by atoms with Gasteiger partial charge in [0.2, 0.25) is 5.91 Å². The monoisotopic (exact) mass is 376 g/mol. The Morgan fingerprint density at radius 1 is 1.11 bits per heavy atom. The zero-order valence-corrected chi connectivity index (χ0v) is 15.4. The summed E-state index contributed by atoms with van der Waals surface area (Å²) in [5.41, 5.74) is 0.141. The lowest BCUT2D eigenvalue weighted by atomic mass is 10.0. The Morgan fingerprint density at radius 2 is 1.81 bits per heavy atom. The van der Waals surface area contributed by atoms with E-state index >= 15 is 0 Å². The molecule has 0 spiro atoms. The number of halogens is 2. The number of rotatable bonds is 7. The summed E-state index contributed by atoms with van der Waals surface area (Å²) < 4.78 is 32.2. The van der Waals surface area contributed by atoms with E-state index in [0.29, 0.717) is 24.0 Å². The number of carbonyl (C=O) groups is 2. The van der Waals surface area contributed by atoms with Crippen LogP contribution in [0.5, 0.6) is 5.75 Å². The minimum atomic E-state index is -0.920. The van der Waals surface area contributed by atoms with Crippen LogP contribution in [0.15, 0.2) is 42.5 Å². The lowest BCUT2D eigenvalue weighted by Crippen LogP contribution is -2.47. The molecule has 7 heteroatoms. The first-order valence-electron chi connectivity index (χ1n) is 8.62. The molecule has 5 nitrogen and oxygen atoms in total. The Labute approximate surface area is 156 Å². The summed E-state index contributed by atoms with van der Waals surface area (Å²) in [4.78, 5) is 25.2. The molecule has 0 aliphatic carbocycles. The molecule has 2 rings (SSSR count). The van der Waals surface area contributed by atoms with E-state index in [-0.39, 0.29) is 11.6 Å². The molecule has 0 saturated carbocycles. The second-order valence-corrected chi connectivity index (χ2v) is 6.24. The van der Waals surface area contributed by atoms with Crippen molar-refractivity contribution in [2.75, 3.05) is 11.9 Å². The number of carbonyl (C=O) groups excluding carboxylic acids is 2. The number of anilines is 1. The molecular weight excluding hydrogens is 354 g/mol. The van der Waals surface area contributed by atoms with E-state index in [4.69, 9.17) is 4.74 Å². The molecule has 0 heterocycles. The van der Waals surface area contributed by atoms with Gasteiger partial charge in [0, 0.05) is 6.07 Å². The maximum Gasteiger partial charge on any atom is 0.255 e. The van der Waals surface area contributed by atoms with Gasteiger partial charge in [-0.05, 0) is 37.1 Å². The Kier molecular flexibility index (Phi) is 6.87. The minimum Gasteiger partial charge on any atom is -0.493 e. The Bertz CT molecular complexity index is 825. The maximum atomic E-state index is 13.8. The van der Waals surface area contributed by atoms with Gasteiger partial charge in [-0.3, -0.25) is 9.59 Å². The molecule has 0 saturated heterocycles. The summed E-state index contributed by atoms with van der Waals surface area (Å²) >= 11 is 0. The molecule has 1 atom stereocenters. The van der Waals surface area contributed by atoms with Gasteiger partial charge in [-0.1, -0.05) is 26.0 Å². The normalized spacial score (nSPS) is 11.8. The molecule has 2 amide bonds. The number of ether oxygens (including phenoxy) is 1. The molecule has 0 aliphatic heterocycles. The maximum absolute atomic E-state index is 13.8. The van der Waals surface area contributed by atoms with Gasteiger partial charge >= 0.3 is 0 Å². The van der Waals surface area contributed by atoms with Crippen LogP contribution >= 0.6 is 0 Å². The van der Waals surface area contributed by atoms with E-state index in [2.05, 4.69) is 10.6 Å².